The van der Waals surface area contributed by atoms with Gasteiger partial charge in [0.15, 0.2) is 70.7 Å². The topological polar surface area (TPSA) is 343 Å². The number of carbonyl (C=O) groups is 2. The average Bonchev–Trinajstić information content (AvgIpc) is 4.21. The summed E-state index contributed by atoms with van der Waals surface area (Å²) in [6, 6.07) is 0. The molecule has 11 rings (SSSR count). The molecule has 0 radical (unpaired) electrons. The average molecular weight is 962 g/mol. The third-order valence-electron chi connectivity index (χ3n) is 12.2. The predicted molar refractivity (Wildman–Crippen MR) is 237 cm³/mol. The summed E-state index contributed by atoms with van der Waals surface area (Å²) < 4.78 is 52.3. The lowest BCUT2D eigenvalue weighted by Gasteiger charge is -2.24. The Hall–Kier alpha value is -6.01. The minimum absolute atomic E-state index is 0.0210. The number of nitrogen functional groups attached to an aromatic ring is 2. The van der Waals surface area contributed by atoms with Crippen LogP contribution in [0, 0.1) is 6.92 Å². The summed E-state index contributed by atoms with van der Waals surface area (Å²) in [7, 11) is 1.42. The molecular formula is C42H55N15O12. The van der Waals surface area contributed by atoms with Crippen molar-refractivity contribution in [3.05, 3.63) is 43.7 Å². The van der Waals surface area contributed by atoms with E-state index in [-0.39, 0.29) is 36.1 Å². The van der Waals surface area contributed by atoms with Gasteiger partial charge in [-0.15, -0.1) is 0 Å². The monoisotopic (exact) mass is 961 g/mol. The Morgan fingerprint density at radius 2 is 1.13 bits per heavy atom. The maximum Gasteiger partial charge on any atom is 0.251 e. The molecule has 6 aromatic rings. The van der Waals surface area contributed by atoms with Crippen molar-refractivity contribution < 1.29 is 57.7 Å². The summed E-state index contributed by atoms with van der Waals surface area (Å²) in [5.41, 5.74) is 15.6. The first-order valence-electron chi connectivity index (χ1n) is 22.3. The van der Waals surface area contributed by atoms with Gasteiger partial charge in [-0.05, 0) is 41.5 Å². The maximum absolute atomic E-state index is 12.3. The highest BCUT2D eigenvalue weighted by Gasteiger charge is 2.58. The molecule has 5 aliphatic rings. The van der Waals surface area contributed by atoms with E-state index in [1.807, 2.05) is 46.1 Å². The molecule has 0 unspecified atom stereocenters. The van der Waals surface area contributed by atoms with Crippen LogP contribution in [0.5, 0.6) is 0 Å². The fourth-order valence-electron chi connectivity index (χ4n) is 9.03. The minimum atomic E-state index is -1.36. The number of nitrogens with zero attached hydrogens (tertiary/aromatic N) is 12. The molecule has 0 aromatic carbocycles. The number of amides is 1. The molecule has 5 saturated heterocycles. The number of carbonyl (C=O) groups excluding carboxylic acids is 2. The second-order valence-electron chi connectivity index (χ2n) is 17.6. The van der Waals surface area contributed by atoms with Crippen molar-refractivity contribution in [3.8, 4) is 0 Å². The van der Waals surface area contributed by atoms with Gasteiger partial charge in [0.05, 0.1) is 31.3 Å². The van der Waals surface area contributed by atoms with Crippen molar-refractivity contribution in [3.63, 3.8) is 0 Å². The quantitative estimate of drug-likeness (QED) is 0.129. The van der Waals surface area contributed by atoms with E-state index in [9.17, 15) is 19.8 Å². The Balaban J connectivity index is 0.000000129. The molecule has 6 aromatic heterocycles. The zero-order valence-electron chi connectivity index (χ0n) is 39.0. The summed E-state index contributed by atoms with van der Waals surface area (Å²) in [6.45, 7) is 14.2. The third-order valence-corrected chi connectivity index (χ3v) is 12.2. The number of hydrogen-bond donors (Lipinski definition) is 5. The molecule has 370 valence electrons. The number of ketones is 1. The van der Waals surface area contributed by atoms with Crippen LogP contribution in [0.3, 0.4) is 0 Å². The molecule has 7 N–H and O–H groups in total. The van der Waals surface area contributed by atoms with Gasteiger partial charge in [0, 0.05) is 20.1 Å². The number of aromatic nitrogens is 12. The minimum Gasteiger partial charge on any atom is -0.387 e. The molecule has 12 atom stereocenters. The molecule has 5 fully saturated rings. The van der Waals surface area contributed by atoms with Crippen LogP contribution in [0.1, 0.15) is 72.3 Å². The molecule has 0 aliphatic carbocycles. The summed E-state index contributed by atoms with van der Waals surface area (Å²) >= 11 is 0. The van der Waals surface area contributed by atoms with Crippen molar-refractivity contribution in [1.82, 2.24) is 63.9 Å². The number of aliphatic hydroxyl groups excluding tert-OH is 2. The Morgan fingerprint density at radius 3 is 1.70 bits per heavy atom. The Bertz CT molecular complexity index is 2840. The van der Waals surface area contributed by atoms with Crippen LogP contribution >= 0.6 is 0 Å². The van der Waals surface area contributed by atoms with Gasteiger partial charge >= 0.3 is 0 Å². The molecule has 0 saturated carbocycles. The second kappa shape index (κ2) is 18.7. The Kier molecular flexibility index (Phi) is 13.0. The maximum atomic E-state index is 12.3. The van der Waals surface area contributed by atoms with Gasteiger partial charge in [-0.2, -0.15) is 0 Å². The van der Waals surface area contributed by atoms with Crippen molar-refractivity contribution in [2.75, 3.05) is 31.7 Å². The highest BCUT2D eigenvalue weighted by atomic mass is 16.8. The number of ether oxygens (including phenoxy) is 8. The van der Waals surface area contributed by atoms with Gasteiger partial charge in [0.25, 0.3) is 5.91 Å². The third kappa shape index (κ3) is 8.83. The zero-order valence-corrected chi connectivity index (χ0v) is 39.0. The summed E-state index contributed by atoms with van der Waals surface area (Å²) in [5, 5.41) is 22.4. The largest absolute Gasteiger partial charge is 0.387 e. The summed E-state index contributed by atoms with van der Waals surface area (Å²) in [6.07, 6.45) is 1.23. The first kappa shape index (κ1) is 48.0. The van der Waals surface area contributed by atoms with Crippen molar-refractivity contribution in [2.24, 2.45) is 0 Å². The van der Waals surface area contributed by atoms with Gasteiger partial charge < -0.3 is 64.9 Å². The number of Topliss-reactive ketones (excluding diaryl/α,β-unsaturated/α-hetero) is 1. The Labute approximate surface area is 393 Å². The van der Waals surface area contributed by atoms with Crippen LogP contribution < -0.4 is 16.8 Å². The number of aryl methyl sites for hydroxylation is 1. The number of likely N-dealkylation sites (N-methyl/N-ethyl adjacent to an activating group) is 1. The zero-order chi connectivity index (χ0) is 49.1. The molecule has 11 heterocycles. The van der Waals surface area contributed by atoms with Crippen molar-refractivity contribution in [1.29, 1.82) is 0 Å². The standard InChI is InChI=1S/C16H22N4O4.C15H19N5O4.C11H14N6O4/c1-5-21-6-10-12-13(24-16(3,4)23-12)15(22-10)20-8-19-11-9(2)17-7-18-14(11)20;1-4-7(21)9-10-11(24-15(2,3)23-10)14(22-9)20-6-19-8-12(16)17-5-18-13(8)20;1-13-10(20)7-5(18)6(19)11(21-7)17-3-16-4-8(12)14-2-15-9(4)17/h7-8,10,12-13,15H,5-6H2,1-4H3;5-6,9-11,14H,4H2,1-3H3,(H2,16,17,18);2-3,5-7,11,18-19H,1H3,(H,13,20)(H2,12,14,15)/t10-,12-,13-,15-;9-,10-,11-,14-;5-,6+,7-,11+/m110/s1. The number of rotatable bonds is 9. The first-order valence-corrected chi connectivity index (χ1v) is 22.3. The second-order valence-corrected chi connectivity index (χ2v) is 17.6. The van der Waals surface area contributed by atoms with Gasteiger partial charge in [-0.3, -0.25) is 23.3 Å². The van der Waals surface area contributed by atoms with Gasteiger partial charge in [0.2, 0.25) is 0 Å². The van der Waals surface area contributed by atoms with E-state index in [1.54, 1.807) is 24.1 Å². The van der Waals surface area contributed by atoms with Crippen LogP contribution in [0.2, 0.25) is 0 Å². The van der Waals surface area contributed by atoms with Crippen LogP contribution in [-0.4, -0.2) is 167 Å². The van der Waals surface area contributed by atoms with E-state index < -0.39 is 66.6 Å². The van der Waals surface area contributed by atoms with E-state index in [2.05, 4.69) is 50.2 Å². The number of nitrogens with two attached hydrogens (primary N) is 2. The van der Waals surface area contributed by atoms with Gasteiger partial charge in [0.1, 0.15) is 84.4 Å². The van der Waals surface area contributed by atoms with Crippen LogP contribution in [0.4, 0.5) is 11.6 Å². The molecule has 27 nitrogen and oxygen atoms in total. The van der Waals surface area contributed by atoms with Crippen LogP contribution in [0.25, 0.3) is 33.5 Å². The molecule has 5 aliphatic heterocycles. The normalized spacial score (nSPS) is 30.8. The molecular weight excluding hydrogens is 907 g/mol. The summed E-state index contributed by atoms with van der Waals surface area (Å²) in [5.74, 6) is -1.50. The fraction of sp³-hybridized carbons (Fsp3) is 0.595. The van der Waals surface area contributed by atoms with E-state index in [0.29, 0.717) is 47.8 Å². The molecule has 1 amide bonds. The first-order chi connectivity index (χ1) is 32.9. The molecule has 27 heteroatoms. The molecule has 69 heavy (non-hydrogen) atoms. The molecule has 0 spiro atoms. The lowest BCUT2D eigenvalue weighted by molar-refractivity contribution is -0.201. The summed E-state index contributed by atoms with van der Waals surface area (Å²) in [4.78, 5) is 61.2. The predicted octanol–water partition coefficient (Wildman–Crippen LogP) is 0.168. The van der Waals surface area contributed by atoms with Crippen molar-refractivity contribution in [2.45, 2.75) is 140 Å². The number of hydrogen-bond acceptors (Lipinski definition) is 23. The van der Waals surface area contributed by atoms with E-state index in [0.717, 1.165) is 16.9 Å². The van der Waals surface area contributed by atoms with E-state index in [4.69, 9.17) is 49.4 Å². The van der Waals surface area contributed by atoms with Gasteiger partial charge in [-0.25, -0.2) is 44.9 Å². The number of nitrogens with one attached hydrogen (secondary N) is 1. The van der Waals surface area contributed by atoms with E-state index >= 15 is 0 Å². The smallest absolute Gasteiger partial charge is 0.251 e. The number of imidazole rings is 3. The molecule has 0 bridgehead atoms. The lowest BCUT2D eigenvalue weighted by Crippen LogP contribution is -2.41. The highest BCUT2D eigenvalue weighted by Crippen LogP contribution is 2.45. The van der Waals surface area contributed by atoms with Crippen LogP contribution in [-0.2, 0) is 47.5 Å². The van der Waals surface area contributed by atoms with Gasteiger partial charge in [-0.1, -0.05) is 6.92 Å². The number of aliphatic hydroxyl groups is 2. The SMILES string of the molecule is CCC(=O)[C@H]1O[C@@H](n2cnc3c(N)ncnc32)[C@@H]2OC(C)(C)O[C@@H]21.CCOC[C@H]1O[C@@H](n2cnc3c(C)ncnc32)[C@@H]2OC(C)(C)O[C@@H]21.CNC(=O)[C@H]1O[C@@H](n2cnc3c(N)ncnc32)[C@H](O)[C@@H]1O. The fourth-order valence-corrected chi connectivity index (χ4v) is 9.03. The number of fused-ring (bicyclic) bond motifs is 5. The van der Waals surface area contributed by atoms with Crippen LogP contribution in [0.15, 0.2) is 38.0 Å². The lowest BCUT2D eigenvalue weighted by atomic mass is 10.1. The highest BCUT2D eigenvalue weighted by molar-refractivity contribution is 5.85. The number of anilines is 2. The van der Waals surface area contributed by atoms with Crippen molar-refractivity contribution >= 4 is 56.8 Å². The van der Waals surface area contributed by atoms with E-state index in [1.165, 1.54) is 36.9 Å². The Morgan fingerprint density at radius 1 is 0.652 bits per heavy atom.